The quantitative estimate of drug-likeness (QED) is 0.741. The van der Waals surface area contributed by atoms with E-state index in [9.17, 15) is 9.59 Å². The highest BCUT2D eigenvalue weighted by Crippen LogP contribution is 2.33. The second-order valence-electron chi connectivity index (χ2n) is 7.34. The van der Waals surface area contributed by atoms with Crippen LogP contribution in [0.2, 0.25) is 0 Å². The summed E-state index contributed by atoms with van der Waals surface area (Å²) in [6.07, 6.45) is 0.880. The summed E-state index contributed by atoms with van der Waals surface area (Å²) in [5, 5.41) is 3.79. The molecule has 1 aliphatic heterocycles. The first-order valence-corrected chi connectivity index (χ1v) is 10.3. The molecule has 144 valence electrons. The Morgan fingerprint density at radius 3 is 2.68 bits per heavy atom. The monoisotopic (exact) mass is 393 g/mol. The maximum atomic E-state index is 13.7. The van der Waals surface area contributed by atoms with Crippen LogP contribution in [0.25, 0.3) is 10.2 Å². The number of benzene rings is 2. The molecule has 6 heteroatoms. The molecule has 2 heterocycles. The molecule has 1 aromatic heterocycles. The van der Waals surface area contributed by atoms with Crippen LogP contribution < -0.4 is 5.32 Å². The summed E-state index contributed by atoms with van der Waals surface area (Å²) in [5.41, 5.74) is 1.21. The summed E-state index contributed by atoms with van der Waals surface area (Å²) in [4.78, 5) is 31.9. The fourth-order valence-corrected chi connectivity index (χ4v) is 4.85. The molecule has 1 N–H and O–H groups in total. The van der Waals surface area contributed by atoms with Crippen LogP contribution in [0.4, 0.5) is 0 Å². The van der Waals surface area contributed by atoms with Gasteiger partial charge in [0.25, 0.3) is 0 Å². The van der Waals surface area contributed by atoms with Crippen molar-refractivity contribution in [2.24, 2.45) is 0 Å². The first kappa shape index (κ1) is 18.6. The van der Waals surface area contributed by atoms with E-state index in [1.54, 1.807) is 11.3 Å². The van der Waals surface area contributed by atoms with Crippen molar-refractivity contribution in [3.05, 3.63) is 65.2 Å². The number of hydrogen-bond acceptors (Lipinski definition) is 4. The highest BCUT2D eigenvalue weighted by molar-refractivity contribution is 7.18. The molecule has 0 bridgehead atoms. The fourth-order valence-electron chi connectivity index (χ4n) is 3.72. The van der Waals surface area contributed by atoms with Gasteiger partial charge in [0, 0.05) is 32.5 Å². The van der Waals surface area contributed by atoms with Gasteiger partial charge in [-0.05, 0) is 24.6 Å². The summed E-state index contributed by atoms with van der Waals surface area (Å²) in [5.74, 6) is 0.0531. The number of nitrogens with one attached hydrogen (secondary N) is 1. The first-order valence-electron chi connectivity index (χ1n) is 9.52. The van der Waals surface area contributed by atoms with E-state index in [1.165, 1.54) is 0 Å². The van der Waals surface area contributed by atoms with Gasteiger partial charge in [0.1, 0.15) is 0 Å². The van der Waals surface area contributed by atoms with E-state index in [0.717, 1.165) is 20.8 Å². The van der Waals surface area contributed by atoms with Crippen molar-refractivity contribution in [1.29, 1.82) is 0 Å². The van der Waals surface area contributed by atoms with Gasteiger partial charge >= 0.3 is 0 Å². The fraction of sp³-hybridized carbons (Fsp3) is 0.318. The minimum Gasteiger partial charge on any atom is -0.354 e. The summed E-state index contributed by atoms with van der Waals surface area (Å²) in [6.45, 7) is 3.48. The normalized spacial score (nSPS) is 17.0. The predicted molar refractivity (Wildman–Crippen MR) is 111 cm³/mol. The standard InChI is InChI=1S/C22H23N3O2S/c1-22(16-7-3-2-4-8-16,21(27)25-13-11-19(26)23-12-14-25)15-20-24-17-9-5-6-10-18(17)28-20/h2-10H,11-15H2,1H3,(H,23,26)/t22-/m0/s1. The van der Waals surface area contributed by atoms with E-state index >= 15 is 0 Å². The van der Waals surface area contributed by atoms with Crippen LogP contribution in [-0.4, -0.2) is 41.3 Å². The van der Waals surface area contributed by atoms with Crippen molar-refractivity contribution in [2.75, 3.05) is 19.6 Å². The van der Waals surface area contributed by atoms with Crippen LogP contribution in [0.5, 0.6) is 0 Å². The van der Waals surface area contributed by atoms with E-state index in [4.69, 9.17) is 4.98 Å². The van der Waals surface area contributed by atoms with Crippen molar-refractivity contribution >= 4 is 33.4 Å². The average molecular weight is 394 g/mol. The molecule has 3 aromatic rings. The van der Waals surface area contributed by atoms with Gasteiger partial charge in [-0.3, -0.25) is 9.59 Å². The molecule has 1 saturated heterocycles. The molecule has 0 unspecified atom stereocenters. The van der Waals surface area contributed by atoms with Gasteiger partial charge in [0.05, 0.1) is 20.6 Å². The van der Waals surface area contributed by atoms with Gasteiger partial charge in [0.2, 0.25) is 11.8 Å². The Hall–Kier alpha value is -2.73. The molecule has 0 aliphatic carbocycles. The number of rotatable bonds is 4. The third kappa shape index (κ3) is 3.64. The number of nitrogens with zero attached hydrogens (tertiary/aromatic N) is 2. The molecular weight excluding hydrogens is 370 g/mol. The minimum absolute atomic E-state index is 0.00267. The third-order valence-electron chi connectivity index (χ3n) is 5.33. The number of carbonyl (C=O) groups excluding carboxylic acids is 2. The molecule has 0 radical (unpaired) electrons. The Balaban J connectivity index is 1.69. The smallest absolute Gasteiger partial charge is 0.233 e. The predicted octanol–water partition coefficient (Wildman–Crippen LogP) is 3.15. The number of carbonyl (C=O) groups is 2. The molecule has 2 aromatic carbocycles. The SMILES string of the molecule is C[C@@](Cc1nc2ccccc2s1)(C(=O)N1CCNC(=O)CC1)c1ccccc1. The molecule has 1 fully saturated rings. The molecule has 1 atom stereocenters. The molecular formula is C22H23N3O2S. The van der Waals surface area contributed by atoms with Crippen molar-refractivity contribution in [3.63, 3.8) is 0 Å². The van der Waals surface area contributed by atoms with Gasteiger partial charge in [0.15, 0.2) is 0 Å². The second kappa shape index (κ2) is 7.72. The Labute approximate surface area is 168 Å². The molecule has 28 heavy (non-hydrogen) atoms. The van der Waals surface area contributed by atoms with Crippen LogP contribution in [0.1, 0.15) is 23.9 Å². The first-order chi connectivity index (χ1) is 13.6. The van der Waals surface area contributed by atoms with E-state index in [1.807, 2.05) is 60.4 Å². The van der Waals surface area contributed by atoms with E-state index < -0.39 is 5.41 Å². The maximum absolute atomic E-state index is 13.7. The lowest BCUT2D eigenvalue weighted by molar-refractivity contribution is -0.136. The van der Waals surface area contributed by atoms with Crippen molar-refractivity contribution < 1.29 is 9.59 Å². The summed E-state index contributed by atoms with van der Waals surface area (Å²) in [6, 6.07) is 18.0. The number of para-hydroxylation sites is 1. The third-order valence-corrected chi connectivity index (χ3v) is 6.36. The van der Waals surface area contributed by atoms with Gasteiger partial charge in [-0.2, -0.15) is 0 Å². The van der Waals surface area contributed by atoms with Gasteiger partial charge in [-0.1, -0.05) is 42.5 Å². The molecule has 0 spiro atoms. The van der Waals surface area contributed by atoms with Crippen LogP contribution in [0.3, 0.4) is 0 Å². The molecule has 5 nitrogen and oxygen atoms in total. The van der Waals surface area contributed by atoms with Crippen molar-refractivity contribution in [2.45, 2.75) is 25.2 Å². The summed E-state index contributed by atoms with van der Waals surface area (Å²) in [7, 11) is 0. The zero-order valence-electron chi connectivity index (χ0n) is 15.9. The molecule has 0 saturated carbocycles. The van der Waals surface area contributed by atoms with E-state index in [0.29, 0.717) is 32.5 Å². The number of hydrogen-bond donors (Lipinski definition) is 1. The highest BCUT2D eigenvalue weighted by atomic mass is 32.1. The Morgan fingerprint density at radius 2 is 1.89 bits per heavy atom. The lowest BCUT2D eigenvalue weighted by Gasteiger charge is -2.34. The Morgan fingerprint density at radius 1 is 1.14 bits per heavy atom. The van der Waals surface area contributed by atoms with Crippen LogP contribution >= 0.6 is 11.3 Å². The number of thiazole rings is 1. The van der Waals surface area contributed by atoms with Crippen LogP contribution in [0.15, 0.2) is 54.6 Å². The van der Waals surface area contributed by atoms with E-state index in [-0.39, 0.29) is 11.8 Å². The van der Waals surface area contributed by atoms with Gasteiger partial charge < -0.3 is 10.2 Å². The van der Waals surface area contributed by atoms with Crippen molar-refractivity contribution in [3.8, 4) is 0 Å². The van der Waals surface area contributed by atoms with E-state index in [2.05, 4.69) is 11.4 Å². The minimum atomic E-state index is -0.734. The molecule has 1 aliphatic rings. The summed E-state index contributed by atoms with van der Waals surface area (Å²) < 4.78 is 1.13. The Kier molecular flexibility index (Phi) is 5.13. The van der Waals surface area contributed by atoms with Crippen molar-refractivity contribution in [1.82, 2.24) is 15.2 Å². The van der Waals surface area contributed by atoms with Crippen LogP contribution in [-0.2, 0) is 21.4 Å². The lowest BCUT2D eigenvalue weighted by Crippen LogP contribution is -2.47. The lowest BCUT2D eigenvalue weighted by atomic mass is 9.78. The topological polar surface area (TPSA) is 62.3 Å². The molecule has 2 amide bonds. The highest BCUT2D eigenvalue weighted by Gasteiger charge is 2.39. The maximum Gasteiger partial charge on any atom is 0.233 e. The largest absolute Gasteiger partial charge is 0.354 e. The molecule has 4 rings (SSSR count). The van der Waals surface area contributed by atoms with Gasteiger partial charge in [-0.15, -0.1) is 11.3 Å². The van der Waals surface area contributed by atoms with Gasteiger partial charge in [-0.25, -0.2) is 4.98 Å². The number of aromatic nitrogens is 1. The Bertz CT molecular complexity index is 968. The summed E-state index contributed by atoms with van der Waals surface area (Å²) >= 11 is 1.64. The number of fused-ring (bicyclic) bond motifs is 1. The average Bonchev–Trinajstić information content (AvgIpc) is 2.99. The van der Waals surface area contributed by atoms with Crippen LogP contribution in [0, 0.1) is 0 Å². The zero-order chi connectivity index (χ0) is 19.6. The number of amides is 2. The second-order valence-corrected chi connectivity index (χ2v) is 8.46. The zero-order valence-corrected chi connectivity index (χ0v) is 16.7.